The van der Waals surface area contributed by atoms with Gasteiger partial charge in [-0.1, -0.05) is 35.9 Å². The van der Waals surface area contributed by atoms with Crippen LogP contribution in [0.15, 0.2) is 78.2 Å². The summed E-state index contributed by atoms with van der Waals surface area (Å²) in [4.78, 5) is 17.1. The van der Waals surface area contributed by atoms with Crippen molar-refractivity contribution in [3.05, 3.63) is 83.2 Å². The van der Waals surface area contributed by atoms with Gasteiger partial charge in [0.1, 0.15) is 16.5 Å². The topological polar surface area (TPSA) is 60.5 Å². The lowest BCUT2D eigenvalue weighted by Gasteiger charge is -2.09. The fraction of sp³-hybridized carbons (Fsp3) is 0.120. The SMILES string of the molecule is CCOc1ccc(OCC(=O)Nc2cccc(-c3csc(-c4ccc(Cl)cc4)n3)c2)cc1. The number of hydrogen-bond acceptors (Lipinski definition) is 5. The van der Waals surface area contributed by atoms with E-state index < -0.39 is 0 Å². The van der Waals surface area contributed by atoms with E-state index in [0.717, 1.165) is 27.6 Å². The third kappa shape index (κ3) is 5.66. The molecule has 0 bridgehead atoms. The Bertz CT molecular complexity index is 1190. The molecule has 1 N–H and O–H groups in total. The minimum absolute atomic E-state index is 0.0877. The molecule has 0 spiro atoms. The van der Waals surface area contributed by atoms with Crippen molar-refractivity contribution in [1.29, 1.82) is 0 Å². The van der Waals surface area contributed by atoms with Crippen LogP contribution < -0.4 is 14.8 Å². The van der Waals surface area contributed by atoms with Crippen LogP contribution in [0, 0.1) is 0 Å². The summed E-state index contributed by atoms with van der Waals surface area (Å²) < 4.78 is 11.0. The predicted octanol–water partition coefficient (Wildman–Crippen LogP) is 6.55. The first-order valence-electron chi connectivity index (χ1n) is 10.1. The summed E-state index contributed by atoms with van der Waals surface area (Å²) in [6.07, 6.45) is 0. The second-order valence-electron chi connectivity index (χ2n) is 6.87. The monoisotopic (exact) mass is 464 g/mol. The Kier molecular flexibility index (Phi) is 7.04. The van der Waals surface area contributed by atoms with E-state index in [1.165, 1.54) is 0 Å². The number of rotatable bonds is 8. The van der Waals surface area contributed by atoms with Gasteiger partial charge in [-0.3, -0.25) is 4.79 Å². The molecule has 0 atom stereocenters. The standard InChI is InChI=1S/C25H21ClN2O3S/c1-2-30-21-10-12-22(13-11-21)31-15-24(29)27-20-5-3-4-18(14-20)23-16-32-25(28-23)17-6-8-19(26)9-7-17/h3-14,16H,2,15H2,1H3,(H,27,29). The van der Waals surface area contributed by atoms with Crippen molar-refractivity contribution >= 4 is 34.5 Å². The van der Waals surface area contributed by atoms with Crippen LogP contribution in [0.5, 0.6) is 11.5 Å². The highest BCUT2D eigenvalue weighted by Gasteiger charge is 2.09. The Balaban J connectivity index is 1.37. The maximum Gasteiger partial charge on any atom is 0.262 e. The normalized spacial score (nSPS) is 10.6. The first kappa shape index (κ1) is 21.9. The molecule has 4 rings (SSSR count). The van der Waals surface area contributed by atoms with Crippen LogP contribution in [0.4, 0.5) is 5.69 Å². The second kappa shape index (κ2) is 10.3. The summed E-state index contributed by atoms with van der Waals surface area (Å²) in [5, 5.41) is 6.48. The van der Waals surface area contributed by atoms with Crippen molar-refractivity contribution in [2.75, 3.05) is 18.5 Å². The van der Waals surface area contributed by atoms with Gasteiger partial charge >= 0.3 is 0 Å². The van der Waals surface area contributed by atoms with Gasteiger partial charge in [-0.25, -0.2) is 4.98 Å². The molecule has 0 aliphatic rings. The van der Waals surface area contributed by atoms with Gasteiger partial charge in [0.2, 0.25) is 0 Å². The number of aromatic nitrogens is 1. The number of hydrogen-bond donors (Lipinski definition) is 1. The molecule has 5 nitrogen and oxygen atoms in total. The van der Waals surface area contributed by atoms with Gasteiger partial charge in [-0.05, 0) is 55.5 Å². The van der Waals surface area contributed by atoms with Gasteiger partial charge in [0.25, 0.3) is 5.91 Å². The molecule has 0 unspecified atom stereocenters. The first-order chi connectivity index (χ1) is 15.6. The summed E-state index contributed by atoms with van der Waals surface area (Å²) in [7, 11) is 0. The molecule has 1 heterocycles. The third-order valence-electron chi connectivity index (χ3n) is 4.54. The number of carbonyl (C=O) groups is 1. The van der Waals surface area contributed by atoms with E-state index in [9.17, 15) is 4.79 Å². The summed E-state index contributed by atoms with van der Waals surface area (Å²) in [6.45, 7) is 2.44. The quantitative estimate of drug-likeness (QED) is 0.321. The van der Waals surface area contributed by atoms with Gasteiger partial charge in [0, 0.05) is 27.2 Å². The van der Waals surface area contributed by atoms with Crippen molar-refractivity contribution in [1.82, 2.24) is 4.98 Å². The van der Waals surface area contributed by atoms with Crippen molar-refractivity contribution < 1.29 is 14.3 Å². The van der Waals surface area contributed by atoms with E-state index in [-0.39, 0.29) is 12.5 Å². The number of nitrogens with one attached hydrogen (secondary N) is 1. The molecule has 0 saturated heterocycles. The molecule has 0 fully saturated rings. The lowest BCUT2D eigenvalue weighted by atomic mass is 10.1. The molecular weight excluding hydrogens is 444 g/mol. The number of ether oxygens (including phenoxy) is 2. The fourth-order valence-corrected chi connectivity index (χ4v) is 3.99. The maximum absolute atomic E-state index is 12.3. The lowest BCUT2D eigenvalue weighted by molar-refractivity contribution is -0.118. The Morgan fingerprint density at radius 1 is 0.969 bits per heavy atom. The van der Waals surface area contributed by atoms with E-state index in [2.05, 4.69) is 5.32 Å². The fourth-order valence-electron chi connectivity index (χ4n) is 3.03. The second-order valence-corrected chi connectivity index (χ2v) is 8.16. The van der Waals surface area contributed by atoms with Crippen LogP contribution in [-0.2, 0) is 4.79 Å². The highest BCUT2D eigenvalue weighted by molar-refractivity contribution is 7.13. The molecule has 0 radical (unpaired) electrons. The number of thiazole rings is 1. The molecule has 4 aromatic rings. The number of anilines is 1. The highest BCUT2D eigenvalue weighted by atomic mass is 35.5. The zero-order chi connectivity index (χ0) is 22.3. The first-order valence-corrected chi connectivity index (χ1v) is 11.3. The molecule has 1 aromatic heterocycles. The smallest absolute Gasteiger partial charge is 0.262 e. The average Bonchev–Trinajstić information content (AvgIpc) is 3.30. The Morgan fingerprint density at radius 2 is 1.69 bits per heavy atom. The Hall–Kier alpha value is -3.35. The number of nitrogens with zero attached hydrogens (tertiary/aromatic N) is 1. The van der Waals surface area contributed by atoms with Crippen LogP contribution >= 0.6 is 22.9 Å². The van der Waals surface area contributed by atoms with Crippen LogP contribution in [0.2, 0.25) is 5.02 Å². The molecule has 32 heavy (non-hydrogen) atoms. The molecular formula is C25H21ClN2O3S. The van der Waals surface area contributed by atoms with Gasteiger partial charge in [-0.2, -0.15) is 0 Å². The summed E-state index contributed by atoms with van der Waals surface area (Å²) >= 11 is 7.53. The van der Waals surface area contributed by atoms with E-state index in [1.807, 2.05) is 73.0 Å². The molecule has 7 heteroatoms. The minimum Gasteiger partial charge on any atom is -0.494 e. The van der Waals surface area contributed by atoms with Gasteiger partial charge in [-0.15, -0.1) is 11.3 Å². The summed E-state index contributed by atoms with van der Waals surface area (Å²) in [6, 6.07) is 22.4. The van der Waals surface area contributed by atoms with Crippen LogP contribution in [0.1, 0.15) is 6.92 Å². The van der Waals surface area contributed by atoms with Crippen molar-refractivity contribution in [2.45, 2.75) is 6.92 Å². The van der Waals surface area contributed by atoms with Crippen molar-refractivity contribution in [2.24, 2.45) is 0 Å². The molecule has 3 aromatic carbocycles. The van der Waals surface area contributed by atoms with Gasteiger partial charge in [0.05, 0.1) is 12.3 Å². The van der Waals surface area contributed by atoms with Gasteiger partial charge in [0.15, 0.2) is 6.61 Å². The number of halogens is 1. The van der Waals surface area contributed by atoms with E-state index in [0.29, 0.717) is 23.1 Å². The van der Waals surface area contributed by atoms with E-state index >= 15 is 0 Å². The zero-order valence-corrected chi connectivity index (χ0v) is 19.0. The lowest BCUT2D eigenvalue weighted by Crippen LogP contribution is -2.20. The molecule has 0 aliphatic heterocycles. The molecule has 162 valence electrons. The average molecular weight is 465 g/mol. The Labute approximate surface area is 195 Å². The highest BCUT2D eigenvalue weighted by Crippen LogP contribution is 2.30. The van der Waals surface area contributed by atoms with Crippen LogP contribution in [0.25, 0.3) is 21.8 Å². The minimum atomic E-state index is -0.240. The van der Waals surface area contributed by atoms with Crippen LogP contribution in [-0.4, -0.2) is 24.1 Å². The number of carbonyl (C=O) groups excluding carboxylic acids is 1. The van der Waals surface area contributed by atoms with Crippen molar-refractivity contribution in [3.63, 3.8) is 0 Å². The van der Waals surface area contributed by atoms with E-state index in [4.69, 9.17) is 26.1 Å². The number of benzene rings is 3. The summed E-state index contributed by atoms with van der Waals surface area (Å²) in [5.41, 5.74) is 3.47. The van der Waals surface area contributed by atoms with Crippen LogP contribution in [0.3, 0.4) is 0 Å². The number of amides is 1. The maximum atomic E-state index is 12.3. The molecule has 0 saturated carbocycles. The predicted molar refractivity (Wildman–Crippen MR) is 130 cm³/mol. The molecule has 0 aliphatic carbocycles. The molecule has 1 amide bonds. The van der Waals surface area contributed by atoms with Crippen molar-refractivity contribution in [3.8, 4) is 33.3 Å². The third-order valence-corrected chi connectivity index (χ3v) is 5.69. The summed E-state index contributed by atoms with van der Waals surface area (Å²) in [5.74, 6) is 1.13. The zero-order valence-electron chi connectivity index (χ0n) is 17.4. The largest absolute Gasteiger partial charge is 0.494 e. The van der Waals surface area contributed by atoms with E-state index in [1.54, 1.807) is 23.5 Å². The Morgan fingerprint density at radius 3 is 2.41 bits per heavy atom. The van der Waals surface area contributed by atoms with Gasteiger partial charge < -0.3 is 14.8 Å².